The Morgan fingerprint density at radius 3 is 2.44 bits per heavy atom. The zero-order chi connectivity index (χ0) is 6.85. The van der Waals surface area contributed by atoms with E-state index in [9.17, 15) is 0 Å². The van der Waals surface area contributed by atoms with Gasteiger partial charge in [-0.3, -0.25) is 0 Å². The third-order valence-electron chi connectivity index (χ3n) is 1.10. The second-order valence-corrected chi connectivity index (χ2v) is 2.92. The van der Waals surface area contributed by atoms with Crippen molar-refractivity contribution in [2.24, 2.45) is 5.11 Å². The molecule has 0 saturated carbocycles. The van der Waals surface area contributed by atoms with Crippen LogP contribution in [-0.4, -0.2) is 4.98 Å². The summed E-state index contributed by atoms with van der Waals surface area (Å²) in [4.78, 5) is 5.03. The van der Waals surface area contributed by atoms with Crippen LogP contribution in [-0.2, 0) is 0 Å². The van der Waals surface area contributed by atoms with Crippen molar-refractivity contribution in [2.75, 3.05) is 0 Å². The molecule has 4 heteroatoms. The van der Waals surface area contributed by atoms with E-state index in [0.717, 1.165) is 10.6 Å². The normalized spacial score (nSPS) is 9.56. The molecule has 0 unspecified atom stereocenters. The van der Waals surface area contributed by atoms with Gasteiger partial charge in [0.2, 0.25) is 5.13 Å². The number of nitrogens with zero attached hydrogens (tertiary/aromatic N) is 3. The third kappa shape index (κ3) is 1.13. The smallest absolute Gasteiger partial charge is 0.222 e. The number of rotatable bonds is 1. The van der Waals surface area contributed by atoms with E-state index in [0.29, 0.717) is 5.13 Å². The van der Waals surface area contributed by atoms with Crippen molar-refractivity contribution in [3.8, 4) is 0 Å². The van der Waals surface area contributed by atoms with Gasteiger partial charge in [0.05, 0.1) is 5.69 Å². The minimum atomic E-state index is 0.435. The lowest BCUT2D eigenvalue weighted by atomic mass is 10.4. The number of thiazole rings is 1. The lowest BCUT2D eigenvalue weighted by Gasteiger charge is -1.77. The summed E-state index contributed by atoms with van der Waals surface area (Å²) in [5.74, 6) is 0. The van der Waals surface area contributed by atoms with E-state index in [1.165, 1.54) is 11.3 Å². The molecule has 47 valence electrons. The molecule has 1 rings (SSSR count). The van der Waals surface area contributed by atoms with Crippen LogP contribution in [0.5, 0.6) is 0 Å². The Hall–Kier alpha value is -0.770. The SMILES string of the molecule is Cc1nc(N=[N])sc1C. The molecule has 1 radical (unpaired) electrons. The number of hydrogen-bond acceptors (Lipinski definition) is 3. The molecule has 0 aliphatic rings. The maximum Gasteiger partial charge on any atom is 0.232 e. The fourth-order valence-electron chi connectivity index (χ4n) is 0.499. The molecular formula is C5H6N3S. The van der Waals surface area contributed by atoms with Gasteiger partial charge in [0.1, 0.15) is 0 Å². The van der Waals surface area contributed by atoms with Gasteiger partial charge in [-0.2, -0.15) is 0 Å². The van der Waals surface area contributed by atoms with Gasteiger partial charge in [0, 0.05) is 4.88 Å². The standard InChI is InChI=1S/C5H6N3S/c1-3-4(2)9-5(7-3)8-6/h1-2H3. The van der Waals surface area contributed by atoms with Gasteiger partial charge >= 0.3 is 0 Å². The van der Waals surface area contributed by atoms with Gasteiger partial charge in [-0.1, -0.05) is 16.5 Å². The van der Waals surface area contributed by atoms with E-state index in [-0.39, 0.29) is 0 Å². The molecule has 0 saturated heterocycles. The molecule has 3 nitrogen and oxygen atoms in total. The van der Waals surface area contributed by atoms with E-state index in [2.05, 4.69) is 10.1 Å². The summed E-state index contributed by atoms with van der Waals surface area (Å²) in [6.07, 6.45) is 0. The minimum absolute atomic E-state index is 0.435. The summed E-state index contributed by atoms with van der Waals surface area (Å²) in [7, 11) is 0. The Morgan fingerprint density at radius 1 is 1.56 bits per heavy atom. The first-order chi connectivity index (χ1) is 4.24. The van der Waals surface area contributed by atoms with Crippen molar-refractivity contribution in [2.45, 2.75) is 13.8 Å². The number of hydrogen-bond donors (Lipinski definition) is 0. The Kier molecular flexibility index (Phi) is 1.57. The first kappa shape index (κ1) is 6.35. The van der Waals surface area contributed by atoms with Crippen LogP contribution in [0.15, 0.2) is 5.11 Å². The predicted molar refractivity (Wildman–Crippen MR) is 35.8 cm³/mol. The Morgan fingerprint density at radius 2 is 2.22 bits per heavy atom. The van der Waals surface area contributed by atoms with Crippen molar-refractivity contribution in [3.63, 3.8) is 0 Å². The molecule has 1 aromatic heterocycles. The van der Waals surface area contributed by atoms with Gasteiger partial charge in [0.15, 0.2) is 0 Å². The highest BCUT2D eigenvalue weighted by Crippen LogP contribution is 2.22. The van der Waals surface area contributed by atoms with Crippen LogP contribution in [0.2, 0.25) is 0 Å². The maximum absolute atomic E-state index is 8.25. The lowest BCUT2D eigenvalue weighted by molar-refractivity contribution is 1.17. The Balaban J connectivity index is 3.11. The van der Waals surface area contributed by atoms with Crippen LogP contribution >= 0.6 is 11.3 Å². The Bertz CT molecular complexity index is 209. The molecule has 0 aliphatic heterocycles. The molecule has 0 fully saturated rings. The first-order valence-corrected chi connectivity index (χ1v) is 3.35. The maximum atomic E-state index is 8.25. The average molecular weight is 140 g/mol. The van der Waals surface area contributed by atoms with Gasteiger partial charge in [0.25, 0.3) is 0 Å². The van der Waals surface area contributed by atoms with E-state index in [1.807, 2.05) is 13.8 Å². The third-order valence-corrected chi connectivity index (χ3v) is 2.06. The monoisotopic (exact) mass is 140 g/mol. The number of aryl methyl sites for hydroxylation is 2. The van der Waals surface area contributed by atoms with Gasteiger partial charge < -0.3 is 0 Å². The topological polar surface area (TPSA) is 47.5 Å². The van der Waals surface area contributed by atoms with Crippen LogP contribution in [0.4, 0.5) is 5.13 Å². The van der Waals surface area contributed by atoms with E-state index in [1.54, 1.807) is 0 Å². The van der Waals surface area contributed by atoms with Crippen LogP contribution in [0.3, 0.4) is 0 Å². The van der Waals surface area contributed by atoms with Crippen molar-refractivity contribution < 1.29 is 0 Å². The van der Waals surface area contributed by atoms with E-state index < -0.39 is 0 Å². The second-order valence-electron chi connectivity index (χ2n) is 1.74. The largest absolute Gasteiger partial charge is 0.232 e. The van der Waals surface area contributed by atoms with Crippen molar-refractivity contribution >= 4 is 16.5 Å². The first-order valence-electron chi connectivity index (χ1n) is 2.53. The fraction of sp³-hybridized carbons (Fsp3) is 0.400. The zero-order valence-corrected chi connectivity index (χ0v) is 6.07. The van der Waals surface area contributed by atoms with Crippen molar-refractivity contribution in [1.82, 2.24) is 10.5 Å². The van der Waals surface area contributed by atoms with Crippen LogP contribution < -0.4 is 5.53 Å². The highest BCUT2D eigenvalue weighted by Gasteiger charge is 1.99. The minimum Gasteiger partial charge on any atom is -0.222 e. The summed E-state index contributed by atoms with van der Waals surface area (Å²) in [6, 6.07) is 0. The molecular weight excluding hydrogens is 134 g/mol. The summed E-state index contributed by atoms with van der Waals surface area (Å²) < 4.78 is 0. The quantitative estimate of drug-likeness (QED) is 0.547. The Labute approximate surface area is 57.3 Å². The predicted octanol–water partition coefficient (Wildman–Crippen LogP) is 1.64. The molecule has 1 heterocycles. The van der Waals surface area contributed by atoms with Gasteiger partial charge in [-0.05, 0) is 19.4 Å². The van der Waals surface area contributed by atoms with Crippen LogP contribution in [0, 0.1) is 13.8 Å². The summed E-state index contributed by atoms with van der Waals surface area (Å²) >= 11 is 1.39. The fourth-order valence-corrected chi connectivity index (χ4v) is 1.19. The molecule has 0 N–H and O–H groups in total. The summed E-state index contributed by atoms with van der Waals surface area (Å²) in [6.45, 7) is 3.84. The highest BCUT2D eigenvalue weighted by atomic mass is 32.1. The second kappa shape index (κ2) is 2.23. The van der Waals surface area contributed by atoms with Crippen molar-refractivity contribution in [3.05, 3.63) is 10.6 Å². The molecule has 0 spiro atoms. The van der Waals surface area contributed by atoms with Crippen LogP contribution in [0.1, 0.15) is 10.6 Å². The zero-order valence-electron chi connectivity index (χ0n) is 5.25. The lowest BCUT2D eigenvalue weighted by Crippen LogP contribution is -1.69. The molecule has 0 bridgehead atoms. The highest BCUT2D eigenvalue weighted by molar-refractivity contribution is 7.15. The van der Waals surface area contributed by atoms with Crippen LogP contribution in [0.25, 0.3) is 0 Å². The van der Waals surface area contributed by atoms with E-state index >= 15 is 0 Å². The average Bonchev–Trinajstić information content (AvgIpc) is 2.13. The molecule has 0 atom stereocenters. The molecule has 1 aromatic rings. The van der Waals surface area contributed by atoms with E-state index in [4.69, 9.17) is 5.53 Å². The summed E-state index contributed by atoms with van der Waals surface area (Å²) in [5.41, 5.74) is 9.19. The molecule has 9 heavy (non-hydrogen) atoms. The summed E-state index contributed by atoms with van der Waals surface area (Å²) in [5, 5.41) is 3.39. The molecule has 0 aromatic carbocycles. The van der Waals surface area contributed by atoms with Gasteiger partial charge in [-0.25, -0.2) is 4.98 Å². The van der Waals surface area contributed by atoms with Crippen molar-refractivity contribution in [1.29, 1.82) is 0 Å². The molecule has 0 amide bonds. The molecule has 0 aliphatic carbocycles. The number of aromatic nitrogens is 1. The van der Waals surface area contributed by atoms with Gasteiger partial charge in [-0.15, -0.1) is 0 Å².